The zero-order chi connectivity index (χ0) is 10.4. The van der Waals surface area contributed by atoms with Gasteiger partial charge >= 0.3 is 0 Å². The molecule has 4 heteroatoms. The molecule has 0 aromatic heterocycles. The van der Waals surface area contributed by atoms with Gasteiger partial charge in [0.15, 0.2) is 5.17 Å². The fourth-order valence-electron chi connectivity index (χ4n) is 1.06. The lowest BCUT2D eigenvalue weighted by atomic mass is 10.3. The van der Waals surface area contributed by atoms with Crippen molar-refractivity contribution in [1.29, 1.82) is 0 Å². The summed E-state index contributed by atoms with van der Waals surface area (Å²) in [7, 11) is 3.41. The van der Waals surface area contributed by atoms with E-state index in [0.717, 1.165) is 16.6 Å². The Morgan fingerprint density at radius 1 is 1.43 bits per heavy atom. The van der Waals surface area contributed by atoms with Crippen molar-refractivity contribution >= 4 is 22.6 Å². The number of para-hydroxylation sites is 2. The molecule has 0 unspecified atom stereocenters. The van der Waals surface area contributed by atoms with Crippen LogP contribution in [0.15, 0.2) is 29.3 Å². The quantitative estimate of drug-likeness (QED) is 0.601. The number of aliphatic imine (C=N–C) groups is 1. The van der Waals surface area contributed by atoms with Gasteiger partial charge in [0.05, 0.1) is 12.8 Å². The molecule has 0 fully saturated rings. The molecule has 14 heavy (non-hydrogen) atoms. The van der Waals surface area contributed by atoms with Crippen LogP contribution in [0.4, 0.5) is 5.69 Å². The molecule has 0 aliphatic rings. The van der Waals surface area contributed by atoms with Gasteiger partial charge in [0.25, 0.3) is 0 Å². The van der Waals surface area contributed by atoms with Crippen LogP contribution in [0.3, 0.4) is 0 Å². The Kier molecular flexibility index (Phi) is 4.32. The van der Waals surface area contributed by atoms with Crippen LogP contribution in [0.2, 0.25) is 0 Å². The molecule has 0 saturated heterocycles. The molecule has 1 rings (SSSR count). The second-order valence-electron chi connectivity index (χ2n) is 2.56. The largest absolute Gasteiger partial charge is 0.495 e. The van der Waals surface area contributed by atoms with E-state index in [-0.39, 0.29) is 0 Å². The molecule has 0 aliphatic carbocycles. The molecule has 1 N–H and O–H groups in total. The van der Waals surface area contributed by atoms with Crippen molar-refractivity contribution in [2.45, 2.75) is 0 Å². The average Bonchev–Trinajstić information content (AvgIpc) is 2.26. The summed E-state index contributed by atoms with van der Waals surface area (Å²) in [6.07, 6.45) is 1.98. The van der Waals surface area contributed by atoms with E-state index in [1.165, 1.54) is 0 Å². The Bertz CT molecular complexity index is 326. The van der Waals surface area contributed by atoms with Crippen LogP contribution in [0, 0.1) is 0 Å². The number of amidine groups is 1. The molecule has 0 amide bonds. The number of ether oxygens (including phenoxy) is 1. The summed E-state index contributed by atoms with van der Waals surface area (Å²) in [6, 6.07) is 7.76. The molecule has 0 spiro atoms. The summed E-state index contributed by atoms with van der Waals surface area (Å²) >= 11 is 1.57. The van der Waals surface area contributed by atoms with Crippen LogP contribution in [0.5, 0.6) is 5.75 Å². The maximum absolute atomic E-state index is 5.21. The molecular formula is C10H14N2OS. The Morgan fingerprint density at radius 3 is 2.71 bits per heavy atom. The number of hydrogen-bond acceptors (Lipinski definition) is 3. The lowest BCUT2D eigenvalue weighted by Gasteiger charge is -2.10. The molecule has 3 nitrogen and oxygen atoms in total. The van der Waals surface area contributed by atoms with E-state index in [1.54, 1.807) is 25.9 Å². The van der Waals surface area contributed by atoms with E-state index in [4.69, 9.17) is 4.74 Å². The summed E-state index contributed by atoms with van der Waals surface area (Å²) in [5, 5.41) is 4.06. The average molecular weight is 210 g/mol. The molecule has 0 saturated carbocycles. The fraction of sp³-hybridized carbons (Fsp3) is 0.300. The minimum Gasteiger partial charge on any atom is -0.495 e. The smallest absolute Gasteiger partial charge is 0.160 e. The van der Waals surface area contributed by atoms with Gasteiger partial charge in [0, 0.05) is 7.05 Å². The van der Waals surface area contributed by atoms with Crippen molar-refractivity contribution in [1.82, 2.24) is 0 Å². The molecule has 0 atom stereocenters. The summed E-state index contributed by atoms with van der Waals surface area (Å²) in [5.74, 6) is 0.822. The van der Waals surface area contributed by atoms with Crippen molar-refractivity contribution in [2.75, 3.05) is 25.7 Å². The second kappa shape index (κ2) is 5.54. The summed E-state index contributed by atoms with van der Waals surface area (Å²) in [4.78, 5) is 4.09. The first-order valence-corrected chi connectivity index (χ1v) is 5.45. The van der Waals surface area contributed by atoms with Gasteiger partial charge in [-0.15, -0.1) is 0 Å². The SMILES string of the molecule is CN=C(Nc1ccccc1OC)SC. The van der Waals surface area contributed by atoms with E-state index < -0.39 is 0 Å². The van der Waals surface area contributed by atoms with Gasteiger partial charge in [-0.1, -0.05) is 23.9 Å². The van der Waals surface area contributed by atoms with Crippen LogP contribution < -0.4 is 10.1 Å². The van der Waals surface area contributed by atoms with Gasteiger partial charge in [0.2, 0.25) is 0 Å². The highest BCUT2D eigenvalue weighted by Crippen LogP contribution is 2.23. The number of rotatable bonds is 2. The third kappa shape index (κ3) is 2.67. The van der Waals surface area contributed by atoms with Crippen molar-refractivity contribution in [2.24, 2.45) is 4.99 Å². The van der Waals surface area contributed by atoms with Gasteiger partial charge in [-0.3, -0.25) is 4.99 Å². The molecule has 0 radical (unpaired) electrons. The van der Waals surface area contributed by atoms with Gasteiger partial charge in [0.1, 0.15) is 5.75 Å². The maximum atomic E-state index is 5.21. The zero-order valence-corrected chi connectivity index (χ0v) is 9.39. The van der Waals surface area contributed by atoms with E-state index in [2.05, 4.69) is 10.3 Å². The van der Waals surface area contributed by atoms with Crippen molar-refractivity contribution in [3.63, 3.8) is 0 Å². The lowest BCUT2D eigenvalue weighted by molar-refractivity contribution is 0.417. The second-order valence-corrected chi connectivity index (χ2v) is 3.35. The number of benzene rings is 1. The number of nitrogens with zero attached hydrogens (tertiary/aromatic N) is 1. The molecule has 0 bridgehead atoms. The highest BCUT2D eigenvalue weighted by Gasteiger charge is 2.02. The normalized spacial score (nSPS) is 11.2. The fourth-order valence-corrected chi connectivity index (χ4v) is 1.46. The van der Waals surface area contributed by atoms with E-state index in [1.807, 2.05) is 30.5 Å². The Hall–Kier alpha value is -1.16. The Morgan fingerprint density at radius 2 is 2.14 bits per heavy atom. The predicted octanol–water partition coefficient (Wildman–Crippen LogP) is 2.46. The predicted molar refractivity (Wildman–Crippen MR) is 63.5 cm³/mol. The number of nitrogens with one attached hydrogen (secondary N) is 1. The highest BCUT2D eigenvalue weighted by molar-refractivity contribution is 8.13. The van der Waals surface area contributed by atoms with Gasteiger partial charge in [-0.2, -0.15) is 0 Å². The Balaban J connectivity index is 2.85. The summed E-state index contributed by atoms with van der Waals surface area (Å²) < 4.78 is 5.21. The first-order chi connectivity index (χ1) is 6.81. The molecule has 0 heterocycles. The minimum atomic E-state index is 0.822. The topological polar surface area (TPSA) is 33.6 Å². The van der Waals surface area contributed by atoms with Crippen LogP contribution in [0.25, 0.3) is 0 Å². The van der Waals surface area contributed by atoms with Crippen molar-refractivity contribution in [3.05, 3.63) is 24.3 Å². The third-order valence-corrected chi connectivity index (χ3v) is 2.42. The van der Waals surface area contributed by atoms with Crippen LogP contribution in [-0.2, 0) is 0 Å². The first kappa shape index (κ1) is 10.9. The number of anilines is 1. The first-order valence-electron chi connectivity index (χ1n) is 4.22. The molecular weight excluding hydrogens is 196 g/mol. The maximum Gasteiger partial charge on any atom is 0.160 e. The van der Waals surface area contributed by atoms with Crippen molar-refractivity contribution in [3.8, 4) is 5.75 Å². The molecule has 76 valence electrons. The Labute approximate surface area is 88.6 Å². The van der Waals surface area contributed by atoms with Gasteiger partial charge in [-0.25, -0.2) is 0 Å². The standard InChI is InChI=1S/C10H14N2OS/c1-11-10(14-3)12-8-6-4-5-7-9(8)13-2/h4-7H,1-3H3,(H,11,12). The van der Waals surface area contributed by atoms with Crippen LogP contribution in [0.1, 0.15) is 0 Å². The molecule has 0 aliphatic heterocycles. The third-order valence-electron chi connectivity index (χ3n) is 1.75. The van der Waals surface area contributed by atoms with Gasteiger partial charge < -0.3 is 10.1 Å². The monoisotopic (exact) mass is 210 g/mol. The van der Waals surface area contributed by atoms with Crippen LogP contribution in [-0.4, -0.2) is 25.6 Å². The van der Waals surface area contributed by atoms with Crippen molar-refractivity contribution < 1.29 is 4.74 Å². The van der Waals surface area contributed by atoms with Crippen LogP contribution >= 0.6 is 11.8 Å². The van der Waals surface area contributed by atoms with E-state index >= 15 is 0 Å². The number of methoxy groups -OCH3 is 1. The number of hydrogen-bond donors (Lipinski definition) is 1. The zero-order valence-electron chi connectivity index (χ0n) is 8.57. The minimum absolute atomic E-state index is 0.822. The number of thioether (sulfide) groups is 1. The molecule has 1 aromatic carbocycles. The van der Waals surface area contributed by atoms with E-state index in [0.29, 0.717) is 0 Å². The molecule has 1 aromatic rings. The highest BCUT2D eigenvalue weighted by atomic mass is 32.2. The van der Waals surface area contributed by atoms with E-state index in [9.17, 15) is 0 Å². The van der Waals surface area contributed by atoms with Gasteiger partial charge in [-0.05, 0) is 18.4 Å². The summed E-state index contributed by atoms with van der Waals surface area (Å²) in [5.41, 5.74) is 0.935. The lowest BCUT2D eigenvalue weighted by Crippen LogP contribution is -2.07. The summed E-state index contributed by atoms with van der Waals surface area (Å²) in [6.45, 7) is 0.